The molecule has 0 fully saturated rings. The van der Waals surface area contributed by atoms with Gasteiger partial charge in [-0.2, -0.15) is 0 Å². The van der Waals surface area contributed by atoms with Gasteiger partial charge in [0.1, 0.15) is 5.82 Å². The number of aromatic nitrogens is 2. The quantitative estimate of drug-likeness (QED) is 0.640. The van der Waals surface area contributed by atoms with Crippen molar-refractivity contribution in [2.75, 3.05) is 5.32 Å². The van der Waals surface area contributed by atoms with Gasteiger partial charge in [-0.05, 0) is 42.3 Å². The van der Waals surface area contributed by atoms with Gasteiger partial charge in [0.25, 0.3) is 5.56 Å². The molecule has 1 heterocycles. The van der Waals surface area contributed by atoms with Crippen molar-refractivity contribution in [1.29, 1.82) is 0 Å². The molecule has 0 spiro atoms. The Morgan fingerprint density at radius 1 is 1.17 bits per heavy atom. The van der Waals surface area contributed by atoms with E-state index in [4.69, 9.17) is 16.6 Å². The SMILES string of the molecule is CCCc1nc2ccc(NC(=O)C(C)(C)C)cc2c(=O)n1Cc1cccc(Cl)c1. The third-order valence-corrected chi connectivity index (χ3v) is 4.91. The topological polar surface area (TPSA) is 64.0 Å². The number of fused-ring (bicyclic) bond motifs is 1. The van der Waals surface area contributed by atoms with Crippen molar-refractivity contribution in [1.82, 2.24) is 9.55 Å². The van der Waals surface area contributed by atoms with E-state index in [-0.39, 0.29) is 11.5 Å². The fraction of sp³-hybridized carbons (Fsp3) is 0.348. The lowest BCUT2D eigenvalue weighted by molar-refractivity contribution is -0.123. The lowest BCUT2D eigenvalue weighted by Gasteiger charge is -2.18. The number of rotatable bonds is 5. The minimum atomic E-state index is -0.523. The number of aryl methyl sites for hydroxylation is 1. The minimum absolute atomic E-state index is 0.105. The van der Waals surface area contributed by atoms with Crippen LogP contribution in [0, 0.1) is 5.41 Å². The summed E-state index contributed by atoms with van der Waals surface area (Å²) in [5.41, 5.74) is 1.52. The number of nitrogens with zero attached hydrogens (tertiary/aromatic N) is 2. The highest BCUT2D eigenvalue weighted by atomic mass is 35.5. The van der Waals surface area contributed by atoms with Crippen molar-refractivity contribution >= 4 is 34.1 Å². The van der Waals surface area contributed by atoms with Crippen LogP contribution in [0.2, 0.25) is 5.02 Å². The van der Waals surface area contributed by atoms with Gasteiger partial charge in [0.2, 0.25) is 5.91 Å². The third kappa shape index (κ3) is 4.85. The van der Waals surface area contributed by atoms with Crippen LogP contribution in [0.3, 0.4) is 0 Å². The number of hydrogen-bond acceptors (Lipinski definition) is 3. The standard InChI is InChI=1S/C23H26ClN3O2/c1-5-7-20-26-19-11-10-17(25-22(29)23(2,3)4)13-18(19)21(28)27(20)14-15-8-6-9-16(24)12-15/h6,8-13H,5,7,14H2,1-4H3,(H,25,29). The molecule has 0 aliphatic heterocycles. The monoisotopic (exact) mass is 411 g/mol. The summed E-state index contributed by atoms with van der Waals surface area (Å²) < 4.78 is 1.70. The van der Waals surface area contributed by atoms with Gasteiger partial charge in [-0.15, -0.1) is 0 Å². The lowest BCUT2D eigenvalue weighted by atomic mass is 9.95. The zero-order valence-corrected chi connectivity index (χ0v) is 18.0. The van der Waals surface area contributed by atoms with E-state index in [1.165, 1.54) is 0 Å². The number of anilines is 1. The van der Waals surface area contributed by atoms with Crippen molar-refractivity contribution in [3.63, 3.8) is 0 Å². The van der Waals surface area contributed by atoms with Gasteiger partial charge in [-0.1, -0.05) is 51.4 Å². The summed E-state index contributed by atoms with van der Waals surface area (Å²) in [6.07, 6.45) is 1.58. The zero-order chi connectivity index (χ0) is 21.2. The summed E-state index contributed by atoms with van der Waals surface area (Å²) in [5.74, 6) is 0.642. The molecule has 2 aromatic carbocycles. The minimum Gasteiger partial charge on any atom is -0.326 e. The Balaban J connectivity index is 2.08. The van der Waals surface area contributed by atoms with E-state index in [0.717, 1.165) is 17.8 Å². The van der Waals surface area contributed by atoms with E-state index in [0.29, 0.717) is 34.6 Å². The molecule has 3 rings (SSSR count). The number of benzene rings is 2. The van der Waals surface area contributed by atoms with E-state index in [9.17, 15) is 9.59 Å². The van der Waals surface area contributed by atoms with Gasteiger partial charge in [-0.25, -0.2) is 4.98 Å². The molecule has 152 valence electrons. The maximum atomic E-state index is 13.3. The molecule has 1 aromatic heterocycles. The van der Waals surface area contributed by atoms with Gasteiger partial charge >= 0.3 is 0 Å². The van der Waals surface area contributed by atoms with Crippen LogP contribution >= 0.6 is 11.6 Å². The fourth-order valence-corrected chi connectivity index (χ4v) is 3.27. The molecule has 0 saturated carbocycles. The maximum Gasteiger partial charge on any atom is 0.261 e. The zero-order valence-electron chi connectivity index (χ0n) is 17.3. The Hall–Kier alpha value is -2.66. The number of carbonyl (C=O) groups is 1. The second-order valence-corrected chi connectivity index (χ2v) is 8.67. The van der Waals surface area contributed by atoms with Crippen LogP contribution in [0.5, 0.6) is 0 Å². The summed E-state index contributed by atoms with van der Waals surface area (Å²) in [6, 6.07) is 12.8. The predicted octanol–water partition coefficient (Wildman–Crippen LogP) is 5.04. The molecule has 6 heteroatoms. The van der Waals surface area contributed by atoms with Crippen LogP contribution in [0.15, 0.2) is 47.3 Å². The first-order chi connectivity index (χ1) is 13.7. The Labute approximate surface area is 175 Å². The number of halogens is 1. The van der Waals surface area contributed by atoms with Gasteiger partial charge < -0.3 is 5.32 Å². The smallest absolute Gasteiger partial charge is 0.261 e. The molecule has 5 nitrogen and oxygen atoms in total. The average molecular weight is 412 g/mol. The summed E-state index contributed by atoms with van der Waals surface area (Å²) in [7, 11) is 0. The summed E-state index contributed by atoms with van der Waals surface area (Å²) >= 11 is 6.11. The Morgan fingerprint density at radius 3 is 2.59 bits per heavy atom. The van der Waals surface area contributed by atoms with Crippen LogP contribution < -0.4 is 10.9 Å². The molecule has 0 aliphatic rings. The van der Waals surface area contributed by atoms with Crippen LogP contribution in [-0.2, 0) is 17.8 Å². The second-order valence-electron chi connectivity index (χ2n) is 8.24. The molecule has 0 unspecified atom stereocenters. The van der Waals surface area contributed by atoms with Gasteiger partial charge in [0, 0.05) is 22.5 Å². The lowest BCUT2D eigenvalue weighted by Crippen LogP contribution is -2.28. The summed E-state index contributed by atoms with van der Waals surface area (Å²) in [6.45, 7) is 8.00. The van der Waals surface area contributed by atoms with Crippen molar-refractivity contribution in [2.45, 2.75) is 47.1 Å². The van der Waals surface area contributed by atoms with Gasteiger partial charge in [-0.3, -0.25) is 14.2 Å². The molecule has 0 radical (unpaired) electrons. The normalized spacial score (nSPS) is 11.6. The van der Waals surface area contributed by atoms with Crippen LogP contribution in [-0.4, -0.2) is 15.5 Å². The van der Waals surface area contributed by atoms with E-state index >= 15 is 0 Å². The molecule has 3 aromatic rings. The molecular formula is C23H26ClN3O2. The van der Waals surface area contributed by atoms with Gasteiger partial charge in [0.05, 0.1) is 17.4 Å². The highest BCUT2D eigenvalue weighted by Crippen LogP contribution is 2.21. The highest BCUT2D eigenvalue weighted by molar-refractivity contribution is 6.30. The Bertz CT molecular complexity index is 1110. The van der Waals surface area contributed by atoms with E-state index < -0.39 is 5.41 Å². The number of carbonyl (C=O) groups excluding carboxylic acids is 1. The molecule has 0 saturated heterocycles. The van der Waals surface area contributed by atoms with Crippen molar-refractivity contribution in [3.8, 4) is 0 Å². The van der Waals surface area contributed by atoms with Gasteiger partial charge in [0.15, 0.2) is 0 Å². The molecule has 0 bridgehead atoms. The van der Waals surface area contributed by atoms with Crippen molar-refractivity contribution < 1.29 is 4.79 Å². The Morgan fingerprint density at radius 2 is 1.93 bits per heavy atom. The molecule has 1 amide bonds. The number of hydrogen-bond donors (Lipinski definition) is 1. The van der Waals surface area contributed by atoms with Crippen LogP contribution in [0.1, 0.15) is 45.5 Å². The molecule has 1 N–H and O–H groups in total. The van der Waals surface area contributed by atoms with Crippen molar-refractivity contribution in [3.05, 3.63) is 69.2 Å². The molecule has 0 aliphatic carbocycles. The Kier molecular flexibility index (Phi) is 6.08. The summed E-state index contributed by atoms with van der Waals surface area (Å²) in [5, 5.41) is 4.00. The number of nitrogens with one attached hydrogen (secondary N) is 1. The molecular weight excluding hydrogens is 386 g/mol. The highest BCUT2D eigenvalue weighted by Gasteiger charge is 2.21. The number of amides is 1. The largest absolute Gasteiger partial charge is 0.326 e. The third-order valence-electron chi connectivity index (χ3n) is 4.68. The first kappa shape index (κ1) is 21.1. The maximum absolute atomic E-state index is 13.3. The van der Waals surface area contributed by atoms with E-state index in [1.807, 2.05) is 45.0 Å². The van der Waals surface area contributed by atoms with Crippen molar-refractivity contribution in [2.24, 2.45) is 5.41 Å². The molecule has 0 atom stereocenters. The van der Waals surface area contributed by atoms with Crippen LogP contribution in [0.4, 0.5) is 5.69 Å². The first-order valence-corrected chi connectivity index (χ1v) is 10.2. The fourth-order valence-electron chi connectivity index (χ4n) is 3.06. The molecule has 29 heavy (non-hydrogen) atoms. The van der Waals surface area contributed by atoms with E-state index in [2.05, 4.69) is 12.2 Å². The second kappa shape index (κ2) is 8.37. The average Bonchev–Trinajstić information content (AvgIpc) is 2.65. The first-order valence-electron chi connectivity index (χ1n) is 9.78. The summed E-state index contributed by atoms with van der Waals surface area (Å²) in [4.78, 5) is 30.4. The van der Waals surface area contributed by atoms with Crippen LogP contribution in [0.25, 0.3) is 10.9 Å². The van der Waals surface area contributed by atoms with E-state index in [1.54, 1.807) is 22.8 Å². The predicted molar refractivity (Wildman–Crippen MR) is 119 cm³/mol.